The summed E-state index contributed by atoms with van der Waals surface area (Å²) in [5.41, 5.74) is -0.599. The van der Waals surface area contributed by atoms with Crippen molar-refractivity contribution >= 4 is 23.4 Å². The Balaban J connectivity index is 1.10. The van der Waals surface area contributed by atoms with Gasteiger partial charge in [-0.1, -0.05) is 0 Å². The van der Waals surface area contributed by atoms with Crippen LogP contribution in [0.2, 0.25) is 0 Å². The monoisotopic (exact) mass is 446 g/mol. The number of hydrogen-bond acceptors (Lipinski definition) is 3. The minimum atomic E-state index is -1.08. The Labute approximate surface area is 182 Å². The van der Waals surface area contributed by atoms with Crippen LogP contribution in [-0.2, 0) is 14.3 Å². The zero-order valence-electron chi connectivity index (χ0n) is 17.4. The van der Waals surface area contributed by atoms with Crippen molar-refractivity contribution in [1.82, 2.24) is 10.6 Å². The topological polar surface area (TPSA) is 67.4 Å². The van der Waals surface area contributed by atoms with E-state index in [1.54, 1.807) is 0 Å². The molecule has 0 aromatic heterocycles. The number of ether oxygens (including phenoxy) is 1. The van der Waals surface area contributed by atoms with Gasteiger partial charge in [-0.15, -0.1) is 11.6 Å². The summed E-state index contributed by atoms with van der Waals surface area (Å²) in [6.07, 6.45) is 5.56. The summed E-state index contributed by atoms with van der Waals surface area (Å²) in [5.74, 6) is 0.402. The van der Waals surface area contributed by atoms with E-state index in [0.717, 1.165) is 19.3 Å². The summed E-state index contributed by atoms with van der Waals surface area (Å²) in [7, 11) is 0. The van der Waals surface area contributed by atoms with Gasteiger partial charge in [0.05, 0.1) is 16.9 Å². The molecule has 170 valence electrons. The van der Waals surface area contributed by atoms with Crippen molar-refractivity contribution in [2.24, 2.45) is 11.3 Å². The predicted molar refractivity (Wildman–Crippen MR) is 110 cm³/mol. The smallest absolute Gasteiger partial charge is 0.246 e. The number of nitrogens with one attached hydrogen (secondary N) is 2. The minimum absolute atomic E-state index is 0.0770. The largest absolute Gasteiger partial charge is 0.368 e. The van der Waals surface area contributed by atoms with Crippen LogP contribution in [0.25, 0.3) is 0 Å². The standard InChI is InChI=1S/C22H33ClF2N2O3/c23-17-6-5-16(9-18(17)25)30-10-19(28)27-22-11-21(12-22,13-22)20(29)26-8-7-14-1-3-15(24)4-2-14/h14-18H,1-13H2,(H,26,29)(H,27,28). The first-order valence-corrected chi connectivity index (χ1v) is 11.9. The molecule has 0 aromatic carbocycles. The molecule has 5 saturated carbocycles. The van der Waals surface area contributed by atoms with E-state index in [9.17, 15) is 18.4 Å². The second-order valence-electron chi connectivity index (χ2n) is 10.1. The maximum atomic E-state index is 13.7. The molecule has 5 rings (SSSR count). The molecule has 2 bridgehead atoms. The zero-order valence-corrected chi connectivity index (χ0v) is 18.2. The third kappa shape index (κ3) is 4.77. The molecule has 3 atom stereocenters. The van der Waals surface area contributed by atoms with Gasteiger partial charge in [0.25, 0.3) is 0 Å². The van der Waals surface area contributed by atoms with Crippen LogP contribution in [0.3, 0.4) is 0 Å². The van der Waals surface area contributed by atoms with Gasteiger partial charge in [-0.3, -0.25) is 9.59 Å². The number of carbonyl (C=O) groups is 2. The summed E-state index contributed by atoms with van der Waals surface area (Å²) < 4.78 is 32.4. The van der Waals surface area contributed by atoms with Crippen LogP contribution in [0.15, 0.2) is 0 Å². The second kappa shape index (κ2) is 8.89. The van der Waals surface area contributed by atoms with Crippen LogP contribution in [0.1, 0.15) is 70.6 Å². The Morgan fingerprint density at radius 1 is 1.03 bits per heavy atom. The quantitative estimate of drug-likeness (QED) is 0.560. The van der Waals surface area contributed by atoms with Crippen molar-refractivity contribution in [2.75, 3.05) is 13.2 Å². The fraction of sp³-hybridized carbons (Fsp3) is 0.909. The highest BCUT2D eigenvalue weighted by molar-refractivity contribution is 6.21. The fourth-order valence-corrected chi connectivity index (χ4v) is 6.10. The molecule has 3 unspecified atom stereocenters. The number of halogens is 3. The normalized spacial score (nSPS) is 42.6. The molecule has 0 radical (unpaired) electrons. The van der Waals surface area contributed by atoms with Gasteiger partial charge in [0.15, 0.2) is 0 Å². The first-order chi connectivity index (χ1) is 14.3. The second-order valence-corrected chi connectivity index (χ2v) is 10.6. The molecule has 2 N–H and O–H groups in total. The molecule has 5 aliphatic rings. The Kier molecular flexibility index (Phi) is 6.59. The number of carbonyl (C=O) groups excluding carboxylic acids is 2. The Bertz CT molecular complexity index is 637. The lowest BCUT2D eigenvalue weighted by Crippen LogP contribution is -2.78. The SMILES string of the molecule is O=C(COC1CCC(Cl)C(F)C1)NC12CC(C(=O)NCCC3CCC(F)CC3)(C1)C2. The van der Waals surface area contributed by atoms with Crippen LogP contribution in [-0.4, -0.2) is 54.3 Å². The highest BCUT2D eigenvalue weighted by atomic mass is 35.5. The van der Waals surface area contributed by atoms with Crippen LogP contribution in [0.5, 0.6) is 0 Å². The van der Waals surface area contributed by atoms with E-state index in [1.165, 1.54) is 0 Å². The maximum Gasteiger partial charge on any atom is 0.246 e. The average Bonchev–Trinajstić information content (AvgIpc) is 2.66. The van der Waals surface area contributed by atoms with Gasteiger partial charge in [-0.25, -0.2) is 8.78 Å². The van der Waals surface area contributed by atoms with E-state index < -0.39 is 17.7 Å². The summed E-state index contributed by atoms with van der Waals surface area (Å²) in [4.78, 5) is 24.8. The average molecular weight is 447 g/mol. The Morgan fingerprint density at radius 2 is 1.73 bits per heavy atom. The van der Waals surface area contributed by atoms with Crippen LogP contribution in [0, 0.1) is 11.3 Å². The fourth-order valence-electron chi connectivity index (χ4n) is 5.87. The van der Waals surface area contributed by atoms with Crippen LogP contribution in [0.4, 0.5) is 8.78 Å². The third-order valence-corrected chi connectivity index (χ3v) is 8.12. The number of rotatable bonds is 8. The number of alkyl halides is 3. The lowest BCUT2D eigenvalue weighted by atomic mass is 9.39. The molecular weight excluding hydrogens is 414 g/mol. The van der Waals surface area contributed by atoms with Gasteiger partial charge in [0.2, 0.25) is 11.8 Å². The predicted octanol–water partition coefficient (Wildman–Crippen LogP) is 3.57. The van der Waals surface area contributed by atoms with Gasteiger partial charge in [-0.2, -0.15) is 0 Å². The molecule has 5 aliphatic carbocycles. The van der Waals surface area contributed by atoms with Crippen molar-refractivity contribution in [3.63, 3.8) is 0 Å². The first-order valence-electron chi connectivity index (χ1n) is 11.4. The van der Waals surface area contributed by atoms with E-state index in [4.69, 9.17) is 16.3 Å². The molecule has 5 fully saturated rings. The minimum Gasteiger partial charge on any atom is -0.368 e. The molecular formula is C22H33ClF2N2O3. The van der Waals surface area contributed by atoms with Crippen molar-refractivity contribution in [1.29, 1.82) is 0 Å². The summed E-state index contributed by atoms with van der Waals surface area (Å²) in [6.45, 7) is 0.571. The number of hydrogen-bond donors (Lipinski definition) is 2. The van der Waals surface area contributed by atoms with Crippen LogP contribution >= 0.6 is 11.6 Å². The molecule has 2 amide bonds. The first kappa shape index (κ1) is 22.3. The highest BCUT2D eigenvalue weighted by Crippen LogP contribution is 2.67. The van der Waals surface area contributed by atoms with Crippen molar-refractivity contribution in [3.8, 4) is 0 Å². The molecule has 30 heavy (non-hydrogen) atoms. The molecule has 0 saturated heterocycles. The van der Waals surface area contributed by atoms with E-state index in [0.29, 0.717) is 57.4 Å². The van der Waals surface area contributed by atoms with Gasteiger partial charge in [0.1, 0.15) is 19.0 Å². The van der Waals surface area contributed by atoms with E-state index in [2.05, 4.69) is 10.6 Å². The molecule has 8 heteroatoms. The third-order valence-electron chi connectivity index (χ3n) is 7.63. The Morgan fingerprint density at radius 3 is 2.40 bits per heavy atom. The lowest BCUT2D eigenvalue weighted by Gasteiger charge is -2.69. The van der Waals surface area contributed by atoms with E-state index in [1.807, 2.05) is 0 Å². The zero-order chi connectivity index (χ0) is 21.4. The van der Waals surface area contributed by atoms with Crippen molar-refractivity contribution in [2.45, 2.75) is 100.0 Å². The number of amides is 2. The molecule has 0 aliphatic heterocycles. The molecule has 5 nitrogen and oxygen atoms in total. The van der Waals surface area contributed by atoms with Gasteiger partial charge >= 0.3 is 0 Å². The summed E-state index contributed by atoms with van der Waals surface area (Å²) in [5, 5.41) is 5.61. The van der Waals surface area contributed by atoms with Crippen molar-refractivity contribution in [3.05, 3.63) is 0 Å². The van der Waals surface area contributed by atoms with Gasteiger partial charge in [0, 0.05) is 18.5 Å². The molecule has 0 heterocycles. The Hall–Kier alpha value is -0.950. The highest BCUT2D eigenvalue weighted by Gasteiger charge is 2.72. The van der Waals surface area contributed by atoms with Crippen molar-refractivity contribution < 1.29 is 23.1 Å². The lowest BCUT2D eigenvalue weighted by molar-refractivity contribution is -0.184. The molecule has 0 spiro atoms. The van der Waals surface area contributed by atoms with Gasteiger partial charge < -0.3 is 15.4 Å². The van der Waals surface area contributed by atoms with E-state index >= 15 is 0 Å². The van der Waals surface area contributed by atoms with E-state index in [-0.39, 0.29) is 41.9 Å². The molecule has 0 aromatic rings. The van der Waals surface area contributed by atoms with Gasteiger partial charge in [-0.05, 0) is 70.1 Å². The van der Waals surface area contributed by atoms with Crippen LogP contribution < -0.4 is 10.6 Å². The maximum absolute atomic E-state index is 13.7. The summed E-state index contributed by atoms with van der Waals surface area (Å²) >= 11 is 5.87. The summed E-state index contributed by atoms with van der Waals surface area (Å²) in [6, 6.07) is 0.